The Hall–Kier alpha value is -2.44. The molecule has 0 saturated carbocycles. The maximum Gasteiger partial charge on any atom is 0.317 e. The number of aromatic nitrogens is 2. The summed E-state index contributed by atoms with van der Waals surface area (Å²) >= 11 is 0. The Bertz CT molecular complexity index is 754. The summed E-state index contributed by atoms with van der Waals surface area (Å²) < 4.78 is 26.6. The van der Waals surface area contributed by atoms with Gasteiger partial charge in [-0.05, 0) is 55.9 Å². The molecule has 134 valence electrons. The largest absolute Gasteiger partial charge is 0.331 e. The lowest BCUT2D eigenvalue weighted by Gasteiger charge is -2.22. The van der Waals surface area contributed by atoms with Crippen LogP contribution >= 0.6 is 0 Å². The lowest BCUT2D eigenvalue weighted by molar-refractivity contribution is 0.203. The minimum absolute atomic E-state index is 0.315. The SMILES string of the molecule is C[C@@H](NC(=O)N(C)Cc1n[nH]c2c1CCCC2)c1cc(F)cc(F)c1. The molecule has 0 spiro atoms. The van der Waals surface area contributed by atoms with Gasteiger partial charge in [-0.2, -0.15) is 5.10 Å². The van der Waals surface area contributed by atoms with Crippen LogP contribution in [-0.4, -0.2) is 28.2 Å². The number of aryl methyl sites for hydroxylation is 1. The number of hydrogen-bond donors (Lipinski definition) is 2. The average Bonchev–Trinajstić information content (AvgIpc) is 2.97. The zero-order chi connectivity index (χ0) is 18.0. The van der Waals surface area contributed by atoms with Crippen LogP contribution < -0.4 is 5.32 Å². The first-order chi connectivity index (χ1) is 11.9. The van der Waals surface area contributed by atoms with E-state index in [1.807, 2.05) is 0 Å². The van der Waals surface area contributed by atoms with Crippen molar-refractivity contribution in [1.29, 1.82) is 0 Å². The zero-order valence-electron chi connectivity index (χ0n) is 14.4. The van der Waals surface area contributed by atoms with E-state index in [0.29, 0.717) is 12.1 Å². The summed E-state index contributed by atoms with van der Waals surface area (Å²) in [5, 5.41) is 10.2. The van der Waals surface area contributed by atoms with Gasteiger partial charge < -0.3 is 10.2 Å². The Balaban J connectivity index is 1.63. The molecule has 0 bridgehead atoms. The standard InChI is InChI=1S/C18H22F2N4O/c1-11(12-7-13(19)9-14(20)8-12)21-18(25)24(2)10-17-15-5-3-4-6-16(15)22-23-17/h7-9,11H,3-6,10H2,1-2H3,(H,21,25)(H,22,23)/t11-/m1/s1. The van der Waals surface area contributed by atoms with Crippen molar-refractivity contribution < 1.29 is 13.6 Å². The lowest BCUT2D eigenvalue weighted by Crippen LogP contribution is -2.38. The molecule has 7 heteroatoms. The van der Waals surface area contributed by atoms with Gasteiger partial charge in [0.1, 0.15) is 11.6 Å². The summed E-state index contributed by atoms with van der Waals surface area (Å²) in [4.78, 5) is 13.9. The van der Waals surface area contributed by atoms with Gasteiger partial charge in [0, 0.05) is 18.8 Å². The van der Waals surface area contributed by atoms with Gasteiger partial charge in [-0.1, -0.05) is 0 Å². The fourth-order valence-electron chi connectivity index (χ4n) is 3.18. The van der Waals surface area contributed by atoms with Crippen molar-refractivity contribution in [3.8, 4) is 0 Å². The minimum Gasteiger partial charge on any atom is -0.331 e. The molecule has 2 aromatic rings. The Morgan fingerprint density at radius 1 is 1.28 bits per heavy atom. The number of urea groups is 1. The molecule has 1 heterocycles. The van der Waals surface area contributed by atoms with E-state index in [1.54, 1.807) is 14.0 Å². The van der Waals surface area contributed by atoms with Crippen molar-refractivity contribution in [2.75, 3.05) is 7.05 Å². The second-order valence-electron chi connectivity index (χ2n) is 6.56. The average molecular weight is 348 g/mol. The van der Waals surface area contributed by atoms with Crippen molar-refractivity contribution in [3.05, 3.63) is 52.3 Å². The van der Waals surface area contributed by atoms with Crippen LogP contribution in [-0.2, 0) is 19.4 Å². The van der Waals surface area contributed by atoms with Crippen LogP contribution in [0.2, 0.25) is 0 Å². The zero-order valence-corrected chi connectivity index (χ0v) is 14.4. The molecular weight excluding hydrogens is 326 g/mol. The number of benzene rings is 1. The number of nitrogens with one attached hydrogen (secondary N) is 2. The minimum atomic E-state index is -0.660. The topological polar surface area (TPSA) is 61.0 Å². The number of carbonyl (C=O) groups excluding carboxylic acids is 1. The summed E-state index contributed by atoms with van der Waals surface area (Å²) in [5.41, 5.74) is 3.65. The Labute approximate surface area is 145 Å². The summed E-state index contributed by atoms with van der Waals surface area (Å²) in [6, 6.07) is 2.43. The fraction of sp³-hybridized carbons (Fsp3) is 0.444. The van der Waals surface area contributed by atoms with Gasteiger partial charge in [-0.25, -0.2) is 13.6 Å². The van der Waals surface area contributed by atoms with Gasteiger partial charge in [0.15, 0.2) is 0 Å². The van der Waals surface area contributed by atoms with Crippen LogP contribution in [0.15, 0.2) is 18.2 Å². The molecule has 1 aromatic carbocycles. The first-order valence-corrected chi connectivity index (χ1v) is 8.46. The van der Waals surface area contributed by atoms with E-state index in [9.17, 15) is 13.6 Å². The van der Waals surface area contributed by atoms with Crippen LogP contribution in [0.4, 0.5) is 13.6 Å². The van der Waals surface area contributed by atoms with E-state index in [-0.39, 0.29) is 6.03 Å². The molecule has 1 aliphatic rings. The molecule has 0 unspecified atom stereocenters. The second-order valence-corrected chi connectivity index (χ2v) is 6.56. The van der Waals surface area contributed by atoms with Gasteiger partial charge in [-0.3, -0.25) is 5.10 Å². The Morgan fingerprint density at radius 3 is 2.68 bits per heavy atom. The number of nitrogens with zero attached hydrogens (tertiary/aromatic N) is 2. The van der Waals surface area contributed by atoms with Crippen LogP contribution in [0.5, 0.6) is 0 Å². The smallest absolute Gasteiger partial charge is 0.317 e. The molecule has 2 N–H and O–H groups in total. The van der Waals surface area contributed by atoms with E-state index < -0.39 is 17.7 Å². The summed E-state index contributed by atoms with van der Waals surface area (Å²) in [7, 11) is 1.68. The number of amides is 2. The number of hydrogen-bond acceptors (Lipinski definition) is 2. The molecule has 5 nitrogen and oxygen atoms in total. The molecule has 2 amide bonds. The van der Waals surface area contributed by atoms with E-state index in [4.69, 9.17) is 0 Å². The van der Waals surface area contributed by atoms with E-state index in [0.717, 1.165) is 37.4 Å². The predicted octanol–water partition coefficient (Wildman–Crippen LogP) is 3.47. The van der Waals surface area contributed by atoms with Gasteiger partial charge in [0.25, 0.3) is 0 Å². The first kappa shape index (κ1) is 17.4. The molecule has 1 aromatic heterocycles. The number of rotatable bonds is 4. The lowest BCUT2D eigenvalue weighted by atomic mass is 9.96. The number of H-pyrrole nitrogens is 1. The van der Waals surface area contributed by atoms with Crippen molar-refractivity contribution in [1.82, 2.24) is 20.4 Å². The molecule has 0 saturated heterocycles. The number of aromatic amines is 1. The van der Waals surface area contributed by atoms with Crippen molar-refractivity contribution in [2.45, 2.75) is 45.2 Å². The molecule has 25 heavy (non-hydrogen) atoms. The molecule has 3 rings (SSSR count). The molecule has 1 atom stereocenters. The number of fused-ring (bicyclic) bond motifs is 1. The first-order valence-electron chi connectivity index (χ1n) is 8.46. The molecule has 0 aliphatic heterocycles. The van der Waals surface area contributed by atoms with E-state index in [1.165, 1.54) is 28.3 Å². The van der Waals surface area contributed by atoms with Gasteiger partial charge in [0.2, 0.25) is 0 Å². The third kappa shape index (κ3) is 3.97. The predicted molar refractivity (Wildman–Crippen MR) is 90.0 cm³/mol. The quantitative estimate of drug-likeness (QED) is 0.889. The van der Waals surface area contributed by atoms with E-state index >= 15 is 0 Å². The van der Waals surface area contributed by atoms with Crippen LogP contribution in [0.1, 0.15) is 48.3 Å². The van der Waals surface area contributed by atoms with Gasteiger partial charge >= 0.3 is 6.03 Å². The summed E-state index contributed by atoms with van der Waals surface area (Å²) in [6.07, 6.45) is 4.28. The van der Waals surface area contributed by atoms with Crippen molar-refractivity contribution in [2.24, 2.45) is 0 Å². The molecule has 0 radical (unpaired) electrons. The fourth-order valence-corrected chi connectivity index (χ4v) is 3.18. The highest BCUT2D eigenvalue weighted by atomic mass is 19.1. The Kier molecular flexibility index (Phi) is 5.01. The highest BCUT2D eigenvalue weighted by molar-refractivity contribution is 5.74. The van der Waals surface area contributed by atoms with Gasteiger partial charge in [0.05, 0.1) is 18.3 Å². The number of halogens is 2. The third-order valence-corrected chi connectivity index (χ3v) is 4.60. The Morgan fingerprint density at radius 2 is 1.96 bits per heavy atom. The third-order valence-electron chi connectivity index (χ3n) is 4.60. The highest BCUT2D eigenvalue weighted by Gasteiger charge is 2.20. The maximum absolute atomic E-state index is 13.3. The van der Waals surface area contributed by atoms with Crippen LogP contribution in [0.3, 0.4) is 0 Å². The van der Waals surface area contributed by atoms with Crippen LogP contribution in [0.25, 0.3) is 0 Å². The normalized spacial score (nSPS) is 14.7. The summed E-state index contributed by atoms with van der Waals surface area (Å²) in [5.74, 6) is -1.32. The van der Waals surface area contributed by atoms with Crippen LogP contribution in [0, 0.1) is 11.6 Å². The highest BCUT2D eigenvalue weighted by Crippen LogP contribution is 2.23. The molecule has 1 aliphatic carbocycles. The molecular formula is C18H22F2N4O. The monoisotopic (exact) mass is 348 g/mol. The number of carbonyl (C=O) groups is 1. The summed E-state index contributed by atoms with van der Waals surface area (Å²) in [6.45, 7) is 2.08. The van der Waals surface area contributed by atoms with E-state index in [2.05, 4.69) is 15.5 Å². The van der Waals surface area contributed by atoms with Gasteiger partial charge in [-0.15, -0.1) is 0 Å². The van der Waals surface area contributed by atoms with Crippen molar-refractivity contribution >= 4 is 6.03 Å². The maximum atomic E-state index is 13.3. The second kappa shape index (κ2) is 7.21. The van der Waals surface area contributed by atoms with Crippen molar-refractivity contribution in [3.63, 3.8) is 0 Å². The molecule has 0 fully saturated rings.